The smallest absolute Gasteiger partial charge is 0.251 e. The van der Waals surface area contributed by atoms with Gasteiger partial charge in [0.15, 0.2) is 0 Å². The molecule has 0 spiro atoms. The molecule has 0 heterocycles. The van der Waals surface area contributed by atoms with Gasteiger partial charge in [0.2, 0.25) is 0 Å². The van der Waals surface area contributed by atoms with E-state index in [2.05, 4.69) is 5.32 Å². The number of rotatable bonds is 3. The molecule has 4 rings (SSSR count). The van der Waals surface area contributed by atoms with Gasteiger partial charge in [-0.2, -0.15) is 0 Å². The molecule has 0 bridgehead atoms. The molecule has 1 fully saturated rings. The van der Waals surface area contributed by atoms with Crippen molar-refractivity contribution >= 4 is 16.7 Å². The summed E-state index contributed by atoms with van der Waals surface area (Å²) in [7, 11) is 0. The first-order chi connectivity index (χ1) is 12.5. The van der Waals surface area contributed by atoms with Crippen molar-refractivity contribution in [3.8, 4) is 11.1 Å². The number of hydrogen-bond acceptors (Lipinski definition) is 2. The number of aryl methyl sites for hydroxylation is 1. The van der Waals surface area contributed by atoms with Crippen LogP contribution in [-0.2, 0) is 0 Å². The second-order valence-corrected chi connectivity index (χ2v) is 6.96. The summed E-state index contributed by atoms with van der Waals surface area (Å²) in [6.07, 6.45) is 1.12. The third-order valence-electron chi connectivity index (χ3n) is 5.17. The molecule has 4 heteroatoms. The fourth-order valence-electron chi connectivity index (χ4n) is 3.36. The highest BCUT2D eigenvalue weighted by Gasteiger charge is 2.30. The number of aliphatic hydroxyl groups excluding tert-OH is 1. The molecule has 0 unspecified atom stereocenters. The van der Waals surface area contributed by atoms with E-state index in [9.17, 15) is 14.3 Å². The Kier molecular flexibility index (Phi) is 4.21. The lowest BCUT2D eigenvalue weighted by Crippen LogP contribution is -2.50. The number of nitrogens with one attached hydrogen (secondary N) is 1. The summed E-state index contributed by atoms with van der Waals surface area (Å²) >= 11 is 0. The van der Waals surface area contributed by atoms with Gasteiger partial charge < -0.3 is 10.4 Å². The van der Waals surface area contributed by atoms with Crippen molar-refractivity contribution in [3.63, 3.8) is 0 Å². The molecule has 1 saturated carbocycles. The first kappa shape index (κ1) is 16.7. The van der Waals surface area contributed by atoms with Crippen molar-refractivity contribution in [2.24, 2.45) is 0 Å². The zero-order chi connectivity index (χ0) is 18.3. The number of amides is 1. The third-order valence-corrected chi connectivity index (χ3v) is 5.17. The molecule has 0 radical (unpaired) electrons. The molecule has 2 N–H and O–H groups in total. The number of benzene rings is 3. The van der Waals surface area contributed by atoms with Crippen LogP contribution in [0.25, 0.3) is 21.9 Å². The highest BCUT2D eigenvalue weighted by molar-refractivity contribution is 5.99. The second kappa shape index (κ2) is 6.54. The quantitative estimate of drug-likeness (QED) is 0.744. The van der Waals surface area contributed by atoms with Gasteiger partial charge >= 0.3 is 0 Å². The molecule has 0 saturated heterocycles. The maximum atomic E-state index is 13.6. The molecule has 3 aromatic carbocycles. The van der Waals surface area contributed by atoms with Crippen LogP contribution < -0.4 is 5.32 Å². The zero-order valence-electron chi connectivity index (χ0n) is 14.5. The Balaban J connectivity index is 1.64. The number of aliphatic hydroxyl groups is 1. The van der Waals surface area contributed by atoms with E-state index in [0.717, 1.165) is 40.3 Å². The molecule has 3 aromatic rings. The normalized spacial score (nSPS) is 19.2. The zero-order valence-corrected chi connectivity index (χ0v) is 14.5. The van der Waals surface area contributed by atoms with Gasteiger partial charge in [-0.25, -0.2) is 4.39 Å². The standard InChI is InChI=1S/C22H20FNO2/c1-13-2-7-18(23)12-19(13)16-5-3-15-11-17(6-4-14(15)10-16)22(26)24-20-8-9-21(20)25/h2-7,10-12,20-21,25H,8-9H2,1H3,(H,24,26)/t20-,21-/m0/s1. The van der Waals surface area contributed by atoms with E-state index in [1.54, 1.807) is 18.2 Å². The van der Waals surface area contributed by atoms with Gasteiger partial charge in [0.05, 0.1) is 12.1 Å². The van der Waals surface area contributed by atoms with Crippen molar-refractivity contribution in [2.75, 3.05) is 0 Å². The van der Waals surface area contributed by atoms with Gasteiger partial charge in [0.1, 0.15) is 5.82 Å². The Hall–Kier alpha value is -2.72. The number of halogens is 1. The lowest BCUT2D eigenvalue weighted by Gasteiger charge is -2.32. The first-order valence-electron chi connectivity index (χ1n) is 8.80. The molecule has 0 aliphatic heterocycles. The summed E-state index contributed by atoms with van der Waals surface area (Å²) in [6.45, 7) is 1.96. The SMILES string of the molecule is Cc1ccc(F)cc1-c1ccc2cc(C(=O)N[C@H]3CC[C@@H]3O)ccc2c1. The minimum Gasteiger partial charge on any atom is -0.391 e. The van der Waals surface area contributed by atoms with Gasteiger partial charge in [-0.1, -0.05) is 24.3 Å². The summed E-state index contributed by atoms with van der Waals surface area (Å²) < 4.78 is 13.6. The van der Waals surface area contributed by atoms with E-state index in [0.29, 0.717) is 5.56 Å². The lowest BCUT2D eigenvalue weighted by molar-refractivity contribution is 0.0447. The van der Waals surface area contributed by atoms with Gasteiger partial charge in [0.25, 0.3) is 5.91 Å². The van der Waals surface area contributed by atoms with Crippen LogP contribution in [0.3, 0.4) is 0 Å². The van der Waals surface area contributed by atoms with Crippen molar-refractivity contribution in [3.05, 3.63) is 71.5 Å². The predicted molar refractivity (Wildman–Crippen MR) is 101 cm³/mol. The van der Waals surface area contributed by atoms with Crippen LogP contribution >= 0.6 is 0 Å². The van der Waals surface area contributed by atoms with E-state index in [1.165, 1.54) is 6.07 Å². The lowest BCUT2D eigenvalue weighted by atomic mass is 9.89. The largest absolute Gasteiger partial charge is 0.391 e. The molecular formula is C22H20FNO2. The molecule has 1 amide bonds. The van der Waals surface area contributed by atoms with Crippen LogP contribution in [0.1, 0.15) is 28.8 Å². The van der Waals surface area contributed by atoms with Gasteiger partial charge in [-0.15, -0.1) is 0 Å². The number of carbonyl (C=O) groups is 1. The van der Waals surface area contributed by atoms with Crippen LogP contribution in [0.2, 0.25) is 0 Å². The van der Waals surface area contributed by atoms with Gasteiger partial charge in [-0.3, -0.25) is 4.79 Å². The monoisotopic (exact) mass is 349 g/mol. The summed E-state index contributed by atoms with van der Waals surface area (Å²) in [5.74, 6) is -0.420. The molecule has 26 heavy (non-hydrogen) atoms. The van der Waals surface area contributed by atoms with Crippen molar-refractivity contribution in [1.82, 2.24) is 5.32 Å². The van der Waals surface area contributed by atoms with E-state index in [1.807, 2.05) is 37.3 Å². The highest BCUT2D eigenvalue weighted by Crippen LogP contribution is 2.28. The third kappa shape index (κ3) is 3.08. The molecule has 1 aliphatic rings. The van der Waals surface area contributed by atoms with Crippen molar-refractivity contribution in [1.29, 1.82) is 0 Å². The van der Waals surface area contributed by atoms with E-state index < -0.39 is 6.10 Å². The summed E-state index contributed by atoms with van der Waals surface area (Å²) in [5.41, 5.74) is 3.41. The Bertz CT molecular complexity index is 999. The maximum absolute atomic E-state index is 13.6. The average Bonchev–Trinajstić information content (AvgIpc) is 2.65. The fraction of sp³-hybridized carbons (Fsp3) is 0.227. The molecule has 1 aliphatic carbocycles. The van der Waals surface area contributed by atoms with Crippen LogP contribution in [-0.4, -0.2) is 23.2 Å². The van der Waals surface area contributed by atoms with Crippen LogP contribution in [0.4, 0.5) is 4.39 Å². The van der Waals surface area contributed by atoms with Gasteiger partial charge in [0, 0.05) is 5.56 Å². The van der Waals surface area contributed by atoms with Gasteiger partial charge in [-0.05, 0) is 77.6 Å². The van der Waals surface area contributed by atoms with Crippen molar-refractivity contribution < 1.29 is 14.3 Å². The second-order valence-electron chi connectivity index (χ2n) is 6.96. The summed E-state index contributed by atoms with van der Waals surface area (Å²) in [5, 5.41) is 14.4. The average molecular weight is 349 g/mol. The van der Waals surface area contributed by atoms with Crippen molar-refractivity contribution in [2.45, 2.75) is 31.9 Å². The number of fused-ring (bicyclic) bond motifs is 1. The minimum atomic E-state index is -0.434. The predicted octanol–water partition coefficient (Wildman–Crippen LogP) is 4.21. The van der Waals surface area contributed by atoms with E-state index in [4.69, 9.17) is 0 Å². The molecule has 0 aromatic heterocycles. The first-order valence-corrected chi connectivity index (χ1v) is 8.80. The number of hydrogen-bond donors (Lipinski definition) is 2. The molecular weight excluding hydrogens is 329 g/mol. The Labute approximate surface area is 151 Å². The fourth-order valence-corrected chi connectivity index (χ4v) is 3.36. The molecule has 2 atom stereocenters. The Morgan fingerprint density at radius 2 is 1.81 bits per heavy atom. The summed E-state index contributed by atoms with van der Waals surface area (Å²) in [6, 6.07) is 16.1. The summed E-state index contributed by atoms with van der Waals surface area (Å²) in [4.78, 5) is 12.3. The van der Waals surface area contributed by atoms with Crippen LogP contribution in [0.15, 0.2) is 54.6 Å². The minimum absolute atomic E-state index is 0.142. The van der Waals surface area contributed by atoms with Crippen LogP contribution in [0, 0.1) is 12.7 Å². The van der Waals surface area contributed by atoms with Crippen LogP contribution in [0.5, 0.6) is 0 Å². The molecule has 132 valence electrons. The van der Waals surface area contributed by atoms with E-state index in [-0.39, 0.29) is 17.8 Å². The number of carbonyl (C=O) groups excluding carboxylic acids is 1. The Morgan fingerprint density at radius 3 is 2.54 bits per heavy atom. The highest BCUT2D eigenvalue weighted by atomic mass is 19.1. The Morgan fingerprint density at radius 1 is 1.04 bits per heavy atom. The maximum Gasteiger partial charge on any atom is 0.251 e. The van der Waals surface area contributed by atoms with E-state index >= 15 is 0 Å². The molecule has 3 nitrogen and oxygen atoms in total. The topological polar surface area (TPSA) is 49.3 Å².